The summed E-state index contributed by atoms with van der Waals surface area (Å²) in [7, 11) is 4.66. The number of rotatable bonds is 4. The summed E-state index contributed by atoms with van der Waals surface area (Å²) < 4.78 is 16.0. The van der Waals surface area contributed by atoms with Gasteiger partial charge in [0.1, 0.15) is 0 Å². The van der Waals surface area contributed by atoms with Crippen LogP contribution in [0.15, 0.2) is 12.1 Å². The fourth-order valence-corrected chi connectivity index (χ4v) is 2.49. The number of carbonyl (C=O) groups excluding carboxylic acids is 1. The van der Waals surface area contributed by atoms with E-state index in [1.54, 1.807) is 27.4 Å². The zero-order valence-corrected chi connectivity index (χ0v) is 11.9. The van der Waals surface area contributed by atoms with Crippen molar-refractivity contribution in [2.75, 3.05) is 21.3 Å². The normalized spacial score (nSPS) is 22.1. The van der Waals surface area contributed by atoms with Crippen LogP contribution in [0.5, 0.6) is 17.2 Å². The third-order valence-corrected chi connectivity index (χ3v) is 3.52. The van der Waals surface area contributed by atoms with Crippen molar-refractivity contribution < 1.29 is 19.0 Å². The van der Waals surface area contributed by atoms with E-state index in [1.165, 1.54) is 0 Å². The molecule has 1 fully saturated rings. The van der Waals surface area contributed by atoms with Crippen LogP contribution in [0.2, 0.25) is 0 Å². The van der Waals surface area contributed by atoms with Crippen LogP contribution in [-0.2, 0) is 4.79 Å². The monoisotopic (exact) mass is 280 g/mol. The van der Waals surface area contributed by atoms with Crippen molar-refractivity contribution >= 4 is 5.91 Å². The van der Waals surface area contributed by atoms with Gasteiger partial charge in [-0.1, -0.05) is 0 Å². The maximum atomic E-state index is 11.6. The molecule has 1 aromatic carbocycles. The average Bonchev–Trinajstić information content (AvgIpc) is 2.47. The summed E-state index contributed by atoms with van der Waals surface area (Å²) in [6.07, 6.45) is 1.10. The third-order valence-electron chi connectivity index (χ3n) is 3.52. The van der Waals surface area contributed by atoms with E-state index in [4.69, 9.17) is 19.9 Å². The van der Waals surface area contributed by atoms with E-state index in [-0.39, 0.29) is 18.0 Å². The van der Waals surface area contributed by atoms with E-state index in [0.717, 1.165) is 5.56 Å². The van der Waals surface area contributed by atoms with Crippen LogP contribution in [0.3, 0.4) is 0 Å². The maximum Gasteiger partial charge on any atom is 0.220 e. The van der Waals surface area contributed by atoms with Crippen molar-refractivity contribution in [2.24, 2.45) is 5.73 Å². The molecule has 2 unspecified atom stereocenters. The minimum absolute atomic E-state index is 0.00598. The van der Waals surface area contributed by atoms with E-state index >= 15 is 0 Å². The molecule has 0 spiro atoms. The fourth-order valence-electron chi connectivity index (χ4n) is 2.49. The molecule has 6 nitrogen and oxygen atoms in total. The number of amides is 1. The highest BCUT2D eigenvalue weighted by molar-refractivity contribution is 5.78. The van der Waals surface area contributed by atoms with Crippen LogP contribution < -0.4 is 25.3 Å². The van der Waals surface area contributed by atoms with Gasteiger partial charge in [-0.25, -0.2) is 0 Å². The molecule has 0 bridgehead atoms. The highest BCUT2D eigenvalue weighted by Crippen LogP contribution is 2.43. The third kappa shape index (κ3) is 2.51. The van der Waals surface area contributed by atoms with E-state index in [0.29, 0.717) is 30.1 Å². The molecule has 0 saturated carbocycles. The standard InChI is InChI=1S/C14H20N2O4/c1-18-10-6-4-8(13(19-2)14(10)20-3)12-9(15)5-7-11(17)16-12/h4,6,9,12H,5,7,15H2,1-3H3,(H,16,17). The number of ether oxygens (including phenoxy) is 3. The van der Waals surface area contributed by atoms with Gasteiger partial charge >= 0.3 is 0 Å². The van der Waals surface area contributed by atoms with Crippen LogP contribution in [0.25, 0.3) is 0 Å². The molecule has 2 rings (SSSR count). The Morgan fingerprint density at radius 3 is 2.45 bits per heavy atom. The van der Waals surface area contributed by atoms with Crippen molar-refractivity contribution in [2.45, 2.75) is 24.9 Å². The lowest BCUT2D eigenvalue weighted by molar-refractivity contribution is -0.123. The molecule has 1 amide bonds. The summed E-state index contributed by atoms with van der Waals surface area (Å²) in [4.78, 5) is 11.6. The largest absolute Gasteiger partial charge is 0.493 e. The van der Waals surface area contributed by atoms with Crippen molar-refractivity contribution in [3.05, 3.63) is 17.7 Å². The molecule has 0 aliphatic carbocycles. The number of nitrogens with two attached hydrogens (primary N) is 1. The summed E-state index contributed by atoms with van der Waals surface area (Å²) in [6, 6.07) is 3.19. The molecule has 0 aromatic heterocycles. The smallest absolute Gasteiger partial charge is 0.220 e. The van der Waals surface area contributed by atoms with Gasteiger partial charge in [0, 0.05) is 18.0 Å². The first-order valence-corrected chi connectivity index (χ1v) is 6.46. The predicted octanol–water partition coefficient (Wildman–Crippen LogP) is 0.991. The van der Waals surface area contributed by atoms with Gasteiger partial charge in [0.2, 0.25) is 11.7 Å². The fraction of sp³-hybridized carbons (Fsp3) is 0.500. The highest BCUT2D eigenvalue weighted by atomic mass is 16.5. The van der Waals surface area contributed by atoms with Gasteiger partial charge in [-0.3, -0.25) is 4.79 Å². The molecule has 6 heteroatoms. The Labute approximate surface area is 118 Å². The van der Waals surface area contributed by atoms with Gasteiger partial charge in [-0.2, -0.15) is 0 Å². The highest BCUT2D eigenvalue weighted by Gasteiger charge is 2.31. The molecular weight excluding hydrogens is 260 g/mol. The number of hydrogen-bond donors (Lipinski definition) is 2. The van der Waals surface area contributed by atoms with E-state index < -0.39 is 0 Å². The van der Waals surface area contributed by atoms with E-state index in [2.05, 4.69) is 5.32 Å². The minimum atomic E-state index is -0.286. The Bertz CT molecular complexity index is 504. The first kappa shape index (κ1) is 14.5. The summed E-state index contributed by atoms with van der Waals surface area (Å²) in [5.41, 5.74) is 6.91. The van der Waals surface area contributed by atoms with Crippen LogP contribution in [0, 0.1) is 0 Å². The Morgan fingerprint density at radius 2 is 1.85 bits per heavy atom. The van der Waals surface area contributed by atoms with Crippen molar-refractivity contribution in [1.29, 1.82) is 0 Å². The molecule has 1 heterocycles. The zero-order valence-electron chi connectivity index (χ0n) is 11.9. The molecule has 3 N–H and O–H groups in total. The van der Waals surface area contributed by atoms with Crippen molar-refractivity contribution in [3.8, 4) is 17.2 Å². The number of nitrogens with one attached hydrogen (secondary N) is 1. The second kappa shape index (κ2) is 6.00. The minimum Gasteiger partial charge on any atom is -0.493 e. The lowest BCUT2D eigenvalue weighted by Gasteiger charge is -2.31. The predicted molar refractivity (Wildman–Crippen MR) is 74.2 cm³/mol. The molecule has 110 valence electrons. The number of benzene rings is 1. The van der Waals surface area contributed by atoms with Gasteiger partial charge in [0.15, 0.2) is 11.5 Å². The zero-order chi connectivity index (χ0) is 14.7. The molecule has 1 saturated heterocycles. The van der Waals surface area contributed by atoms with Crippen LogP contribution in [-0.4, -0.2) is 33.3 Å². The van der Waals surface area contributed by atoms with Gasteiger partial charge in [-0.15, -0.1) is 0 Å². The Balaban J connectivity index is 2.47. The van der Waals surface area contributed by atoms with Crippen LogP contribution >= 0.6 is 0 Å². The summed E-state index contributed by atoms with van der Waals surface area (Å²) in [6.45, 7) is 0. The molecule has 1 aliphatic rings. The lowest BCUT2D eigenvalue weighted by Crippen LogP contribution is -2.45. The summed E-state index contributed by atoms with van der Waals surface area (Å²) in [5.74, 6) is 1.60. The van der Waals surface area contributed by atoms with Gasteiger partial charge < -0.3 is 25.3 Å². The molecule has 2 atom stereocenters. The molecule has 0 radical (unpaired) electrons. The lowest BCUT2D eigenvalue weighted by atomic mass is 9.91. The van der Waals surface area contributed by atoms with Crippen molar-refractivity contribution in [3.63, 3.8) is 0 Å². The van der Waals surface area contributed by atoms with Crippen LogP contribution in [0.4, 0.5) is 0 Å². The van der Waals surface area contributed by atoms with Gasteiger partial charge in [0.05, 0.1) is 27.4 Å². The Morgan fingerprint density at radius 1 is 1.15 bits per heavy atom. The molecular formula is C14H20N2O4. The maximum absolute atomic E-state index is 11.6. The van der Waals surface area contributed by atoms with Crippen molar-refractivity contribution in [1.82, 2.24) is 5.32 Å². The number of hydrogen-bond acceptors (Lipinski definition) is 5. The molecule has 1 aliphatic heterocycles. The van der Waals surface area contributed by atoms with Crippen LogP contribution in [0.1, 0.15) is 24.4 Å². The van der Waals surface area contributed by atoms with Gasteiger partial charge in [-0.05, 0) is 18.6 Å². The van der Waals surface area contributed by atoms with E-state index in [1.807, 2.05) is 6.07 Å². The number of carbonyl (C=O) groups is 1. The Kier molecular flexibility index (Phi) is 4.34. The average molecular weight is 280 g/mol. The Hall–Kier alpha value is -1.95. The molecule has 20 heavy (non-hydrogen) atoms. The summed E-state index contributed by atoms with van der Waals surface area (Å²) in [5, 5.41) is 2.91. The second-order valence-electron chi connectivity index (χ2n) is 4.67. The second-order valence-corrected chi connectivity index (χ2v) is 4.67. The number of piperidine rings is 1. The van der Waals surface area contributed by atoms with E-state index in [9.17, 15) is 4.79 Å². The number of methoxy groups -OCH3 is 3. The summed E-state index contributed by atoms with van der Waals surface area (Å²) >= 11 is 0. The first-order valence-electron chi connectivity index (χ1n) is 6.46. The molecule has 1 aromatic rings. The topological polar surface area (TPSA) is 82.8 Å². The first-order chi connectivity index (χ1) is 9.62. The van der Waals surface area contributed by atoms with Gasteiger partial charge in [0.25, 0.3) is 0 Å². The SMILES string of the molecule is COc1ccc(C2NC(=O)CCC2N)c(OC)c1OC. The quantitative estimate of drug-likeness (QED) is 0.859.